The number of benzene rings is 1. The van der Waals surface area contributed by atoms with Gasteiger partial charge in [-0.3, -0.25) is 4.90 Å². The third-order valence-electron chi connectivity index (χ3n) is 3.21. The van der Waals surface area contributed by atoms with Crippen molar-refractivity contribution in [3.63, 3.8) is 0 Å². The largest absolute Gasteiger partial charge is 0.295 e. The average Bonchev–Trinajstić information content (AvgIpc) is 2.94. The van der Waals surface area contributed by atoms with Crippen LogP contribution in [0.5, 0.6) is 0 Å². The summed E-state index contributed by atoms with van der Waals surface area (Å²) in [6.07, 6.45) is 0. The van der Waals surface area contributed by atoms with Crippen LogP contribution in [-0.4, -0.2) is 11.9 Å². The lowest BCUT2D eigenvalue weighted by Gasteiger charge is -2.24. The molecule has 0 bridgehead atoms. The van der Waals surface area contributed by atoms with Crippen LogP contribution >= 0.6 is 11.3 Å². The Hall–Kier alpha value is -1.12. The Morgan fingerprint density at radius 2 is 1.74 bits per heavy atom. The fourth-order valence-corrected chi connectivity index (χ4v) is 2.65. The lowest BCUT2D eigenvalue weighted by molar-refractivity contribution is 0.255. The Morgan fingerprint density at radius 3 is 2.26 bits per heavy atom. The molecule has 104 valence electrons. The summed E-state index contributed by atoms with van der Waals surface area (Å²) in [5.74, 6) is 0. The number of nitrogens with zero attached hydrogens (tertiary/aromatic N) is 1. The van der Waals surface area contributed by atoms with Crippen LogP contribution in [0.2, 0.25) is 0 Å². The van der Waals surface area contributed by atoms with Crippen molar-refractivity contribution >= 4 is 11.3 Å². The van der Waals surface area contributed by atoms with Crippen LogP contribution in [0.4, 0.5) is 0 Å². The van der Waals surface area contributed by atoms with E-state index in [2.05, 4.69) is 67.6 Å². The molecule has 0 aliphatic heterocycles. The molecule has 0 aliphatic carbocycles. The van der Waals surface area contributed by atoms with E-state index in [1.54, 1.807) is 0 Å². The van der Waals surface area contributed by atoms with E-state index in [1.807, 2.05) is 25.2 Å². The third-order valence-corrected chi connectivity index (χ3v) is 4.07. The van der Waals surface area contributed by atoms with E-state index in [-0.39, 0.29) is 0 Å². The number of thiophene rings is 1. The molecule has 19 heavy (non-hydrogen) atoms. The lowest BCUT2D eigenvalue weighted by atomic mass is 10.1. The Balaban J connectivity index is 0.000000861. The van der Waals surface area contributed by atoms with Crippen molar-refractivity contribution in [2.45, 2.75) is 40.3 Å². The molecule has 0 spiro atoms. The van der Waals surface area contributed by atoms with Gasteiger partial charge in [0, 0.05) is 17.5 Å². The Bertz CT molecular complexity index is 445. The van der Waals surface area contributed by atoms with Crippen molar-refractivity contribution in [1.29, 1.82) is 0 Å². The Labute approximate surface area is 121 Å². The van der Waals surface area contributed by atoms with Crippen molar-refractivity contribution in [2.24, 2.45) is 0 Å². The van der Waals surface area contributed by atoms with Gasteiger partial charge < -0.3 is 0 Å². The van der Waals surface area contributed by atoms with E-state index in [0.29, 0.717) is 6.04 Å². The van der Waals surface area contributed by atoms with Gasteiger partial charge >= 0.3 is 0 Å². The van der Waals surface area contributed by atoms with E-state index in [1.165, 1.54) is 16.0 Å². The van der Waals surface area contributed by atoms with Gasteiger partial charge in [-0.05, 0) is 37.9 Å². The van der Waals surface area contributed by atoms with Crippen LogP contribution in [0.15, 0.2) is 41.8 Å². The first kappa shape index (κ1) is 15.9. The SMILES string of the molecule is CC.Cc1ccc([C@H](C)N(C)Cc2cccs2)cc1. The fourth-order valence-electron chi connectivity index (χ4n) is 1.88. The summed E-state index contributed by atoms with van der Waals surface area (Å²) in [5, 5.41) is 2.14. The van der Waals surface area contributed by atoms with Gasteiger partial charge in [0.25, 0.3) is 0 Å². The van der Waals surface area contributed by atoms with Gasteiger partial charge in [-0.1, -0.05) is 49.7 Å². The molecular formula is C17H25NS. The average molecular weight is 275 g/mol. The normalized spacial score (nSPS) is 11.9. The minimum atomic E-state index is 0.456. The summed E-state index contributed by atoms with van der Waals surface area (Å²) in [5.41, 5.74) is 2.71. The molecule has 0 saturated carbocycles. The Morgan fingerprint density at radius 1 is 1.11 bits per heavy atom. The molecule has 2 aromatic rings. The minimum absolute atomic E-state index is 0.456. The summed E-state index contributed by atoms with van der Waals surface area (Å²) in [4.78, 5) is 3.81. The van der Waals surface area contributed by atoms with E-state index in [0.717, 1.165) is 6.54 Å². The van der Waals surface area contributed by atoms with Crippen LogP contribution in [0.25, 0.3) is 0 Å². The van der Waals surface area contributed by atoms with E-state index in [4.69, 9.17) is 0 Å². The standard InChI is InChI=1S/C15H19NS.C2H6/c1-12-6-8-14(9-7-12)13(2)16(3)11-15-5-4-10-17-15;1-2/h4-10,13H,11H2,1-3H3;1-2H3/t13-;/m0./s1. The molecule has 1 aromatic carbocycles. The highest BCUT2D eigenvalue weighted by Crippen LogP contribution is 2.22. The summed E-state index contributed by atoms with van der Waals surface area (Å²) in [7, 11) is 2.18. The maximum Gasteiger partial charge on any atom is 0.0330 e. The molecule has 0 radical (unpaired) electrons. The number of hydrogen-bond acceptors (Lipinski definition) is 2. The maximum absolute atomic E-state index is 2.39. The molecule has 0 amide bonds. The van der Waals surface area contributed by atoms with Crippen LogP contribution in [-0.2, 0) is 6.54 Å². The molecule has 1 atom stereocenters. The molecule has 1 nitrogen and oxygen atoms in total. The summed E-state index contributed by atoms with van der Waals surface area (Å²) < 4.78 is 0. The molecule has 0 unspecified atom stereocenters. The van der Waals surface area contributed by atoms with E-state index >= 15 is 0 Å². The van der Waals surface area contributed by atoms with Crippen LogP contribution < -0.4 is 0 Å². The van der Waals surface area contributed by atoms with Crippen molar-refractivity contribution in [3.8, 4) is 0 Å². The van der Waals surface area contributed by atoms with Gasteiger partial charge in [0.15, 0.2) is 0 Å². The summed E-state index contributed by atoms with van der Waals surface area (Å²) >= 11 is 1.82. The summed E-state index contributed by atoms with van der Waals surface area (Å²) in [6.45, 7) is 9.41. The van der Waals surface area contributed by atoms with Gasteiger partial charge in [-0.2, -0.15) is 0 Å². The van der Waals surface area contributed by atoms with Crippen LogP contribution in [0.3, 0.4) is 0 Å². The van der Waals surface area contributed by atoms with E-state index in [9.17, 15) is 0 Å². The van der Waals surface area contributed by atoms with Crippen LogP contribution in [0, 0.1) is 6.92 Å². The minimum Gasteiger partial charge on any atom is -0.295 e. The summed E-state index contributed by atoms with van der Waals surface area (Å²) in [6, 6.07) is 13.6. The number of aryl methyl sites for hydroxylation is 1. The molecule has 1 heterocycles. The predicted molar refractivity (Wildman–Crippen MR) is 86.7 cm³/mol. The fraction of sp³-hybridized carbons (Fsp3) is 0.412. The van der Waals surface area contributed by atoms with Gasteiger partial charge in [0.05, 0.1) is 0 Å². The van der Waals surface area contributed by atoms with Crippen molar-refractivity contribution in [3.05, 3.63) is 57.8 Å². The molecule has 0 aliphatic rings. The lowest BCUT2D eigenvalue weighted by Crippen LogP contribution is -2.21. The first-order valence-corrected chi connectivity index (χ1v) is 7.84. The van der Waals surface area contributed by atoms with Gasteiger partial charge in [0.1, 0.15) is 0 Å². The number of rotatable bonds is 4. The zero-order valence-electron chi connectivity index (χ0n) is 12.7. The monoisotopic (exact) mass is 275 g/mol. The highest BCUT2D eigenvalue weighted by molar-refractivity contribution is 7.09. The van der Waals surface area contributed by atoms with Crippen molar-refractivity contribution < 1.29 is 0 Å². The van der Waals surface area contributed by atoms with Gasteiger partial charge in [-0.25, -0.2) is 0 Å². The predicted octanol–water partition coefficient (Wildman–Crippen LogP) is 5.28. The molecule has 2 heteroatoms. The molecule has 1 aromatic heterocycles. The van der Waals surface area contributed by atoms with Gasteiger partial charge in [0.2, 0.25) is 0 Å². The highest BCUT2D eigenvalue weighted by Gasteiger charge is 2.11. The third kappa shape index (κ3) is 4.81. The zero-order valence-corrected chi connectivity index (χ0v) is 13.5. The van der Waals surface area contributed by atoms with Gasteiger partial charge in [-0.15, -0.1) is 11.3 Å². The molecule has 0 saturated heterocycles. The van der Waals surface area contributed by atoms with Crippen molar-refractivity contribution in [1.82, 2.24) is 4.90 Å². The second-order valence-corrected chi connectivity index (χ2v) is 5.61. The van der Waals surface area contributed by atoms with Crippen LogP contribution in [0.1, 0.15) is 42.8 Å². The molecule has 2 rings (SSSR count). The smallest absolute Gasteiger partial charge is 0.0330 e. The maximum atomic E-state index is 2.39. The Kier molecular flexibility index (Phi) is 6.82. The van der Waals surface area contributed by atoms with Crippen molar-refractivity contribution in [2.75, 3.05) is 7.05 Å². The van der Waals surface area contributed by atoms with E-state index < -0.39 is 0 Å². The molecule has 0 fully saturated rings. The first-order chi connectivity index (χ1) is 9.16. The molecular weight excluding hydrogens is 250 g/mol. The topological polar surface area (TPSA) is 3.24 Å². The highest BCUT2D eigenvalue weighted by atomic mass is 32.1. The second-order valence-electron chi connectivity index (χ2n) is 4.58. The zero-order chi connectivity index (χ0) is 14.3. The first-order valence-electron chi connectivity index (χ1n) is 6.96. The number of hydrogen-bond donors (Lipinski definition) is 0. The molecule has 0 N–H and O–H groups in total. The second kappa shape index (κ2) is 8.13. The quantitative estimate of drug-likeness (QED) is 0.734.